The van der Waals surface area contributed by atoms with Crippen molar-refractivity contribution in [2.45, 2.75) is 154 Å². The van der Waals surface area contributed by atoms with Crippen LogP contribution in [0.3, 0.4) is 0 Å². The van der Waals surface area contributed by atoms with Gasteiger partial charge in [-0.2, -0.15) is 0 Å². The smallest absolute Gasteiger partial charge is 0.320 e. The molecular formula is C30H63NO3P+. The summed E-state index contributed by atoms with van der Waals surface area (Å²) in [6.45, 7) is 4.74. The molecule has 0 rings (SSSR count). The van der Waals surface area contributed by atoms with E-state index in [2.05, 4.69) is 26.0 Å². The quantitative estimate of drug-likeness (QED) is 0.0538. The molecule has 0 aliphatic carbocycles. The van der Waals surface area contributed by atoms with Crippen LogP contribution in [-0.4, -0.2) is 42.9 Å². The third-order valence-electron chi connectivity index (χ3n) is 7.00. The van der Waals surface area contributed by atoms with E-state index in [9.17, 15) is 9.46 Å². The Morgan fingerprint density at radius 3 is 1.46 bits per heavy atom. The predicted octanol–water partition coefficient (Wildman–Crippen LogP) is 10.0. The second kappa shape index (κ2) is 23.0. The van der Waals surface area contributed by atoms with Gasteiger partial charge in [-0.3, -0.25) is 4.57 Å². The highest BCUT2D eigenvalue weighted by Crippen LogP contribution is 2.51. The Hall–Kier alpha value is -0.150. The van der Waals surface area contributed by atoms with E-state index >= 15 is 0 Å². The van der Waals surface area contributed by atoms with Crippen LogP contribution < -0.4 is 0 Å². The van der Waals surface area contributed by atoms with Gasteiger partial charge in [0.05, 0.1) is 27.7 Å². The van der Waals surface area contributed by atoms with Gasteiger partial charge in [-0.15, -0.1) is 0 Å². The van der Waals surface area contributed by atoms with Crippen LogP contribution in [0.2, 0.25) is 0 Å². The van der Waals surface area contributed by atoms with E-state index in [0.29, 0.717) is 17.5 Å². The van der Waals surface area contributed by atoms with Crippen molar-refractivity contribution in [3.05, 3.63) is 12.2 Å². The first kappa shape index (κ1) is 34.9. The third-order valence-corrected chi connectivity index (χ3v) is 9.26. The van der Waals surface area contributed by atoms with Crippen molar-refractivity contribution >= 4 is 7.60 Å². The zero-order chi connectivity index (χ0) is 26.3. The fraction of sp³-hybridized carbons (Fsp3) is 0.933. The van der Waals surface area contributed by atoms with Crippen LogP contribution >= 0.6 is 7.60 Å². The Kier molecular flexibility index (Phi) is 22.9. The molecule has 0 bridgehead atoms. The van der Waals surface area contributed by atoms with E-state index in [4.69, 9.17) is 4.52 Å². The Balaban J connectivity index is 3.48. The summed E-state index contributed by atoms with van der Waals surface area (Å²) in [4.78, 5) is 10.4. The molecule has 0 aromatic heterocycles. The number of allylic oxidation sites excluding steroid dienone is 2. The molecule has 0 fully saturated rings. The fourth-order valence-electron chi connectivity index (χ4n) is 4.76. The van der Waals surface area contributed by atoms with Crippen LogP contribution in [0.4, 0.5) is 0 Å². The van der Waals surface area contributed by atoms with Crippen LogP contribution in [0.1, 0.15) is 149 Å². The van der Waals surface area contributed by atoms with E-state index in [1.807, 2.05) is 21.1 Å². The van der Waals surface area contributed by atoms with Gasteiger partial charge in [0.25, 0.3) is 0 Å². The maximum atomic E-state index is 12.7. The van der Waals surface area contributed by atoms with Crippen molar-refractivity contribution in [3.63, 3.8) is 0 Å². The number of rotatable bonds is 26. The van der Waals surface area contributed by atoms with Crippen molar-refractivity contribution in [2.24, 2.45) is 0 Å². The van der Waals surface area contributed by atoms with Crippen molar-refractivity contribution < 1.29 is 18.5 Å². The lowest BCUT2D eigenvalue weighted by Gasteiger charge is -2.35. The highest BCUT2D eigenvalue weighted by Gasteiger charge is 2.41. The lowest BCUT2D eigenvalue weighted by molar-refractivity contribution is -0.883. The van der Waals surface area contributed by atoms with Gasteiger partial charge in [-0.25, -0.2) is 0 Å². The van der Waals surface area contributed by atoms with Crippen LogP contribution in [0.15, 0.2) is 12.2 Å². The number of hydrogen-bond donors (Lipinski definition) is 1. The van der Waals surface area contributed by atoms with Crippen molar-refractivity contribution in [1.82, 2.24) is 0 Å². The molecule has 0 aliphatic heterocycles. The molecule has 1 N–H and O–H groups in total. The third kappa shape index (κ3) is 21.6. The molecule has 0 aromatic carbocycles. The van der Waals surface area contributed by atoms with Crippen molar-refractivity contribution in [1.29, 1.82) is 0 Å². The summed E-state index contributed by atoms with van der Waals surface area (Å²) >= 11 is 0. The van der Waals surface area contributed by atoms with E-state index in [0.717, 1.165) is 19.3 Å². The molecule has 0 aliphatic rings. The lowest BCUT2D eigenvalue weighted by atomic mass is 10.0. The molecule has 0 radical (unpaired) electrons. The van der Waals surface area contributed by atoms with Crippen LogP contribution in [-0.2, 0) is 9.09 Å². The monoisotopic (exact) mass is 516 g/mol. The van der Waals surface area contributed by atoms with Gasteiger partial charge < -0.3 is 13.9 Å². The minimum Gasteiger partial charge on any atom is -0.320 e. The Morgan fingerprint density at radius 1 is 0.657 bits per heavy atom. The number of hydrogen-bond acceptors (Lipinski definition) is 2. The van der Waals surface area contributed by atoms with Gasteiger partial charge in [-0.05, 0) is 38.5 Å². The topological polar surface area (TPSA) is 46.5 Å². The summed E-state index contributed by atoms with van der Waals surface area (Å²) in [7, 11) is 2.35. The van der Waals surface area contributed by atoms with Crippen LogP contribution in [0.5, 0.6) is 0 Å². The molecule has 0 amide bonds. The molecule has 0 aromatic rings. The zero-order valence-corrected chi connectivity index (χ0v) is 25.3. The molecule has 0 spiro atoms. The Labute approximate surface area is 220 Å². The van der Waals surface area contributed by atoms with Crippen molar-refractivity contribution in [3.8, 4) is 0 Å². The van der Waals surface area contributed by atoms with Gasteiger partial charge in [0.2, 0.25) is 0 Å². The highest BCUT2D eigenvalue weighted by molar-refractivity contribution is 7.53. The summed E-state index contributed by atoms with van der Waals surface area (Å²) in [5.41, 5.74) is 0. The maximum Gasteiger partial charge on any atom is 0.385 e. The van der Waals surface area contributed by atoms with Crippen LogP contribution in [0.25, 0.3) is 0 Å². The van der Waals surface area contributed by atoms with E-state index in [1.54, 1.807) is 0 Å². The highest BCUT2D eigenvalue weighted by atomic mass is 31.2. The molecule has 0 saturated heterocycles. The Bertz CT molecular complexity index is 530. The summed E-state index contributed by atoms with van der Waals surface area (Å²) in [6.07, 6.45) is 31.3. The van der Waals surface area contributed by atoms with Gasteiger partial charge in [0.1, 0.15) is 0 Å². The van der Waals surface area contributed by atoms with E-state index < -0.39 is 7.60 Å². The molecule has 0 heterocycles. The predicted molar refractivity (Wildman–Crippen MR) is 155 cm³/mol. The van der Waals surface area contributed by atoms with Gasteiger partial charge in [0, 0.05) is 6.42 Å². The molecule has 0 saturated carbocycles. The first-order chi connectivity index (χ1) is 16.8. The molecule has 2 unspecified atom stereocenters. The normalized spacial score (nSPS) is 15.0. The summed E-state index contributed by atoms with van der Waals surface area (Å²) in [5.74, 6) is -0.338. The number of quaternary nitrogens is 1. The molecule has 4 nitrogen and oxygen atoms in total. The van der Waals surface area contributed by atoms with Gasteiger partial charge in [-0.1, -0.05) is 116 Å². The minimum absolute atomic E-state index is 0.338. The average molecular weight is 517 g/mol. The number of nitrogens with zero attached hydrogens (tertiary/aromatic N) is 1. The second-order valence-corrected chi connectivity index (χ2v) is 13.5. The molecule has 35 heavy (non-hydrogen) atoms. The van der Waals surface area contributed by atoms with Gasteiger partial charge in [0.15, 0.2) is 5.78 Å². The fourth-order valence-corrected chi connectivity index (χ4v) is 6.78. The maximum absolute atomic E-state index is 12.7. The Morgan fingerprint density at radius 2 is 1.06 bits per heavy atom. The van der Waals surface area contributed by atoms with E-state index in [1.165, 1.54) is 109 Å². The van der Waals surface area contributed by atoms with Crippen molar-refractivity contribution in [2.75, 3.05) is 27.7 Å². The molecular weight excluding hydrogens is 453 g/mol. The number of unbranched alkanes of at least 4 members (excludes halogenated alkanes) is 17. The first-order valence-corrected chi connectivity index (χ1v) is 16.8. The summed E-state index contributed by atoms with van der Waals surface area (Å²) < 4.78 is 18.6. The molecule has 2 atom stereocenters. The first-order valence-electron chi connectivity index (χ1n) is 15.2. The van der Waals surface area contributed by atoms with Gasteiger partial charge >= 0.3 is 7.60 Å². The largest absolute Gasteiger partial charge is 0.385 e. The molecule has 210 valence electrons. The minimum atomic E-state index is -3.57. The summed E-state index contributed by atoms with van der Waals surface area (Å²) in [6, 6.07) is 0. The van der Waals surface area contributed by atoms with Crippen LogP contribution in [0, 0.1) is 0 Å². The lowest BCUT2D eigenvalue weighted by Crippen LogP contribution is -2.45. The molecule has 5 heteroatoms. The SMILES string of the molecule is CCCCCCCCCCCCCC=CCCCCCCCCOP(=O)(O)C(CCC)[N+](C)(C)C. The van der Waals surface area contributed by atoms with E-state index in [-0.39, 0.29) is 5.78 Å². The standard InChI is InChI=1S/C30H62NO3P/c1-6-8-9-10-11-12-13-14-15-16-17-18-19-20-21-22-23-24-25-26-27-29-34-35(32,33)30(28-7-2)31(3,4)5/h19-20,30H,6-18,21-29H2,1-5H3/p+1. The average Bonchev–Trinajstić information content (AvgIpc) is 2.80. The second-order valence-electron chi connectivity index (χ2n) is 11.5. The summed E-state index contributed by atoms with van der Waals surface area (Å²) in [5, 5.41) is 0. The zero-order valence-electron chi connectivity index (χ0n) is 24.4.